The number of piperazine rings is 1. The summed E-state index contributed by atoms with van der Waals surface area (Å²) in [4.78, 5) is 28.0. The Morgan fingerprint density at radius 3 is 2.79 bits per heavy atom. The highest BCUT2D eigenvalue weighted by Crippen LogP contribution is 2.42. The molecule has 0 saturated carbocycles. The van der Waals surface area contributed by atoms with Crippen LogP contribution in [0.2, 0.25) is 0 Å². The number of hydrogen-bond donors (Lipinski definition) is 1. The van der Waals surface area contributed by atoms with E-state index in [4.69, 9.17) is 19.1 Å². The van der Waals surface area contributed by atoms with Gasteiger partial charge in [0.2, 0.25) is 5.91 Å². The van der Waals surface area contributed by atoms with Gasteiger partial charge in [0.15, 0.2) is 0 Å². The van der Waals surface area contributed by atoms with Gasteiger partial charge in [-0.3, -0.25) is 4.79 Å². The molecule has 0 aliphatic carbocycles. The van der Waals surface area contributed by atoms with Crippen molar-refractivity contribution in [3.05, 3.63) is 67.4 Å². The summed E-state index contributed by atoms with van der Waals surface area (Å²) in [5.74, 6) is 0.583. The van der Waals surface area contributed by atoms with Crippen LogP contribution >= 0.6 is 0 Å². The minimum absolute atomic E-state index is 0.164. The molecular weight excluding hydrogens is 544 g/mol. The zero-order chi connectivity index (χ0) is 30.1. The summed E-state index contributed by atoms with van der Waals surface area (Å²) in [6, 6.07) is 17.4. The Hall–Kier alpha value is -5.14. The number of fused-ring (bicyclic) bond motifs is 4. The number of hydrogen-bond acceptors (Lipinski definition) is 9. The first-order chi connectivity index (χ1) is 20.9. The number of amides is 1. The lowest BCUT2D eigenvalue weighted by molar-refractivity contribution is -0.128. The van der Waals surface area contributed by atoms with E-state index in [0.29, 0.717) is 55.1 Å². The second kappa shape index (κ2) is 11.6. The Balaban J connectivity index is 1.55. The molecule has 1 fully saturated rings. The van der Waals surface area contributed by atoms with Crippen molar-refractivity contribution in [1.29, 1.82) is 5.26 Å². The number of phenolic OH excluding ortho intramolecular Hbond substituents is 1. The molecule has 1 N–H and O–H groups in total. The van der Waals surface area contributed by atoms with Crippen LogP contribution in [-0.4, -0.2) is 83.7 Å². The van der Waals surface area contributed by atoms with E-state index in [2.05, 4.69) is 17.5 Å². The molecule has 1 aliphatic heterocycles. The van der Waals surface area contributed by atoms with Crippen molar-refractivity contribution in [2.24, 2.45) is 0 Å². The number of likely N-dealkylation sites (N-methyl/N-ethyl adjacent to an activating group) is 1. The number of nitriles is 1. The Morgan fingerprint density at radius 2 is 2.00 bits per heavy atom. The van der Waals surface area contributed by atoms with Gasteiger partial charge in [-0.1, -0.05) is 30.8 Å². The summed E-state index contributed by atoms with van der Waals surface area (Å²) < 4.78 is 12.2. The largest absolute Gasteiger partial charge is 0.508 e. The molecule has 2 aromatic heterocycles. The van der Waals surface area contributed by atoms with Crippen LogP contribution in [0.3, 0.4) is 0 Å². The average Bonchev–Trinajstić information content (AvgIpc) is 3.49. The van der Waals surface area contributed by atoms with E-state index in [-0.39, 0.29) is 30.1 Å². The third-order valence-corrected chi connectivity index (χ3v) is 7.83. The van der Waals surface area contributed by atoms with Gasteiger partial charge in [0.1, 0.15) is 23.8 Å². The summed E-state index contributed by atoms with van der Waals surface area (Å²) >= 11 is 0. The maximum Gasteiger partial charge on any atom is 0.318 e. The van der Waals surface area contributed by atoms with Gasteiger partial charge in [-0.25, -0.2) is 0 Å². The highest BCUT2D eigenvalue weighted by Gasteiger charge is 2.32. The molecule has 0 bridgehead atoms. The van der Waals surface area contributed by atoms with E-state index >= 15 is 0 Å². The number of benzene rings is 3. The first-order valence-electron chi connectivity index (χ1n) is 14.1. The molecule has 3 aromatic carbocycles. The van der Waals surface area contributed by atoms with E-state index in [1.54, 1.807) is 23.3 Å². The molecule has 3 heterocycles. The van der Waals surface area contributed by atoms with Crippen LogP contribution in [-0.2, 0) is 4.79 Å². The van der Waals surface area contributed by atoms with Crippen LogP contribution in [0.5, 0.6) is 11.8 Å². The second-order valence-corrected chi connectivity index (χ2v) is 10.9. The van der Waals surface area contributed by atoms with Crippen LogP contribution in [0.1, 0.15) is 6.42 Å². The van der Waals surface area contributed by atoms with Crippen LogP contribution in [0.4, 0.5) is 5.82 Å². The van der Waals surface area contributed by atoms with Crippen LogP contribution < -0.4 is 9.64 Å². The second-order valence-electron chi connectivity index (χ2n) is 10.9. The first kappa shape index (κ1) is 28.0. The standard InChI is InChI=1S/C33H32N6O4/c1-4-29(41)39-13-12-38(20-22(39)9-11-34)32-30-28(35-33(36-32)43-16-14-37(2)3)19-27(25-10-15-42-31(25)30)26-18-23(40)17-21-7-5-6-8-24(21)26/h4-8,10,15,17-19,22,40H,1,9,12-14,16,20H2,2-3H3/t22-/m0/s1. The van der Waals surface area contributed by atoms with Gasteiger partial charge in [-0.05, 0) is 66.3 Å². The fourth-order valence-corrected chi connectivity index (χ4v) is 5.79. The molecule has 43 heavy (non-hydrogen) atoms. The molecule has 5 aromatic rings. The zero-order valence-corrected chi connectivity index (χ0v) is 24.2. The summed E-state index contributed by atoms with van der Waals surface area (Å²) in [5, 5.41) is 23.6. The fourth-order valence-electron chi connectivity index (χ4n) is 5.79. The minimum atomic E-state index is -0.336. The SMILES string of the molecule is C=CC(=O)N1CCN(c2nc(OCCN(C)C)nc3cc(-c4cc(O)cc5ccccc45)c4ccoc4c23)C[C@@H]1CC#N. The third-order valence-electron chi connectivity index (χ3n) is 7.83. The smallest absolute Gasteiger partial charge is 0.318 e. The van der Waals surface area contributed by atoms with Gasteiger partial charge in [0, 0.05) is 31.6 Å². The molecule has 218 valence electrons. The van der Waals surface area contributed by atoms with E-state index in [9.17, 15) is 15.2 Å². The molecule has 0 spiro atoms. The van der Waals surface area contributed by atoms with Crippen LogP contribution in [0, 0.1) is 11.3 Å². The van der Waals surface area contributed by atoms with E-state index in [1.807, 2.05) is 55.4 Å². The van der Waals surface area contributed by atoms with Crippen molar-refractivity contribution in [1.82, 2.24) is 19.8 Å². The maximum atomic E-state index is 12.6. The lowest BCUT2D eigenvalue weighted by atomic mass is 9.94. The molecule has 1 amide bonds. The third kappa shape index (κ3) is 5.31. The number of phenols is 1. The first-order valence-corrected chi connectivity index (χ1v) is 14.1. The van der Waals surface area contributed by atoms with Gasteiger partial charge in [-0.15, -0.1) is 0 Å². The van der Waals surface area contributed by atoms with Crippen molar-refractivity contribution in [2.45, 2.75) is 12.5 Å². The van der Waals surface area contributed by atoms with Gasteiger partial charge in [-0.2, -0.15) is 15.2 Å². The molecule has 0 unspecified atom stereocenters. The highest BCUT2D eigenvalue weighted by atomic mass is 16.5. The van der Waals surface area contributed by atoms with Crippen molar-refractivity contribution in [3.8, 4) is 29.0 Å². The summed E-state index contributed by atoms with van der Waals surface area (Å²) in [6.07, 6.45) is 3.11. The lowest BCUT2D eigenvalue weighted by Crippen LogP contribution is -2.55. The van der Waals surface area contributed by atoms with Crippen LogP contribution in [0.15, 0.2) is 71.9 Å². The molecule has 10 heteroatoms. The zero-order valence-electron chi connectivity index (χ0n) is 24.2. The number of ether oxygens (including phenoxy) is 1. The van der Waals surface area contributed by atoms with E-state index in [0.717, 1.165) is 27.3 Å². The van der Waals surface area contributed by atoms with Gasteiger partial charge in [0.25, 0.3) is 0 Å². The van der Waals surface area contributed by atoms with Gasteiger partial charge in [0.05, 0.1) is 35.7 Å². The predicted molar refractivity (Wildman–Crippen MR) is 166 cm³/mol. The number of carbonyl (C=O) groups is 1. The Bertz CT molecular complexity index is 1890. The molecule has 1 atom stereocenters. The minimum Gasteiger partial charge on any atom is -0.508 e. The Labute approximate surface area is 249 Å². The quantitative estimate of drug-likeness (QED) is 0.256. The van der Waals surface area contributed by atoms with E-state index in [1.165, 1.54) is 6.08 Å². The lowest BCUT2D eigenvalue weighted by Gasteiger charge is -2.41. The van der Waals surface area contributed by atoms with Crippen molar-refractivity contribution in [2.75, 3.05) is 51.8 Å². The molecule has 0 radical (unpaired) electrons. The van der Waals surface area contributed by atoms with Gasteiger partial charge < -0.3 is 29.0 Å². The van der Waals surface area contributed by atoms with E-state index < -0.39 is 0 Å². The normalized spacial score (nSPS) is 15.3. The van der Waals surface area contributed by atoms with Crippen molar-refractivity contribution in [3.63, 3.8) is 0 Å². The number of furan rings is 1. The fraction of sp³-hybridized carbons (Fsp3) is 0.273. The molecule has 1 saturated heterocycles. The number of aromatic hydroxyl groups is 1. The van der Waals surface area contributed by atoms with Gasteiger partial charge >= 0.3 is 6.01 Å². The summed E-state index contributed by atoms with van der Waals surface area (Å²) in [6.45, 7) is 6.01. The topological polar surface area (TPSA) is 119 Å². The summed E-state index contributed by atoms with van der Waals surface area (Å²) in [5.41, 5.74) is 2.94. The molecule has 10 nitrogen and oxygen atoms in total. The number of anilines is 1. The number of nitrogens with zero attached hydrogens (tertiary/aromatic N) is 6. The molecule has 6 rings (SSSR count). The number of aromatic nitrogens is 2. The number of carbonyl (C=O) groups excluding carboxylic acids is 1. The Morgan fingerprint density at radius 1 is 1.19 bits per heavy atom. The molecular formula is C33H32N6O4. The average molecular weight is 577 g/mol. The number of rotatable bonds is 8. The van der Waals surface area contributed by atoms with Crippen LogP contribution in [0.25, 0.3) is 43.8 Å². The summed E-state index contributed by atoms with van der Waals surface area (Å²) in [7, 11) is 3.93. The molecule has 1 aliphatic rings. The highest BCUT2D eigenvalue weighted by molar-refractivity contribution is 6.16. The van der Waals surface area contributed by atoms with Crippen molar-refractivity contribution >= 4 is 44.4 Å². The predicted octanol–water partition coefficient (Wildman–Crippen LogP) is 4.96. The Kier molecular flexibility index (Phi) is 7.57. The monoisotopic (exact) mass is 576 g/mol. The maximum absolute atomic E-state index is 12.6. The van der Waals surface area contributed by atoms with Crippen molar-refractivity contribution < 1.29 is 19.1 Å².